The van der Waals surface area contributed by atoms with Gasteiger partial charge in [-0.1, -0.05) is 36.4 Å². The number of rotatable bonds is 7. The summed E-state index contributed by atoms with van der Waals surface area (Å²) < 4.78 is 10.0. The number of hydrogen-bond acceptors (Lipinski definition) is 5. The Morgan fingerprint density at radius 3 is 2.40 bits per heavy atom. The van der Waals surface area contributed by atoms with E-state index < -0.39 is 11.9 Å². The van der Waals surface area contributed by atoms with E-state index in [9.17, 15) is 14.4 Å². The molecule has 0 fully saturated rings. The van der Waals surface area contributed by atoms with Crippen LogP contribution < -0.4 is 10.1 Å². The molecule has 0 unspecified atom stereocenters. The summed E-state index contributed by atoms with van der Waals surface area (Å²) in [6.45, 7) is 0.405. The Hall–Kier alpha value is -3.61. The van der Waals surface area contributed by atoms with E-state index in [1.807, 2.05) is 36.4 Å². The molecule has 0 atom stereocenters. The Morgan fingerprint density at radius 1 is 1.03 bits per heavy atom. The summed E-state index contributed by atoms with van der Waals surface area (Å²) in [6, 6.07) is 16.5. The summed E-state index contributed by atoms with van der Waals surface area (Å²) in [7, 11) is 1.54. The van der Waals surface area contributed by atoms with Crippen LogP contribution in [0.5, 0.6) is 5.75 Å². The van der Waals surface area contributed by atoms with E-state index in [1.54, 1.807) is 29.2 Å². The van der Waals surface area contributed by atoms with E-state index >= 15 is 0 Å². The molecule has 7 nitrogen and oxygen atoms in total. The van der Waals surface area contributed by atoms with Crippen LogP contribution in [0.25, 0.3) is 5.57 Å². The van der Waals surface area contributed by atoms with Gasteiger partial charge < -0.3 is 19.7 Å². The molecule has 2 aromatic rings. The van der Waals surface area contributed by atoms with Gasteiger partial charge in [0.2, 0.25) is 0 Å². The van der Waals surface area contributed by atoms with Crippen molar-refractivity contribution >= 4 is 23.4 Å². The van der Waals surface area contributed by atoms with Crippen molar-refractivity contribution in [2.24, 2.45) is 0 Å². The van der Waals surface area contributed by atoms with Crippen molar-refractivity contribution in [3.8, 4) is 5.75 Å². The maximum atomic E-state index is 12.3. The minimum absolute atomic E-state index is 0.256. The zero-order valence-electron chi connectivity index (χ0n) is 16.8. The Labute approximate surface area is 175 Å². The number of ether oxygens (including phenoxy) is 2. The topological polar surface area (TPSA) is 84.9 Å². The predicted molar refractivity (Wildman–Crippen MR) is 112 cm³/mol. The third-order valence-corrected chi connectivity index (χ3v) is 4.81. The number of amides is 2. The molecular formula is C23H24N2O5. The zero-order chi connectivity index (χ0) is 21.3. The molecular weight excluding hydrogens is 384 g/mol. The first-order chi connectivity index (χ1) is 14.6. The molecule has 156 valence electrons. The second kappa shape index (κ2) is 10.2. The van der Waals surface area contributed by atoms with Crippen LogP contribution in [-0.2, 0) is 14.3 Å². The van der Waals surface area contributed by atoms with Crippen molar-refractivity contribution in [3.63, 3.8) is 0 Å². The number of nitrogens with one attached hydrogen (secondary N) is 1. The molecule has 0 radical (unpaired) electrons. The van der Waals surface area contributed by atoms with Gasteiger partial charge in [0, 0.05) is 18.7 Å². The van der Waals surface area contributed by atoms with Gasteiger partial charge in [0.05, 0.1) is 7.11 Å². The van der Waals surface area contributed by atoms with Crippen LogP contribution in [0.2, 0.25) is 0 Å². The van der Waals surface area contributed by atoms with Crippen molar-refractivity contribution in [2.45, 2.75) is 6.42 Å². The maximum absolute atomic E-state index is 12.3. The number of nitrogens with zero attached hydrogens (tertiary/aromatic N) is 1. The van der Waals surface area contributed by atoms with Crippen LogP contribution in [0.1, 0.15) is 22.3 Å². The molecule has 0 bridgehead atoms. The highest BCUT2D eigenvalue weighted by Gasteiger charge is 2.19. The fourth-order valence-corrected chi connectivity index (χ4v) is 3.09. The third kappa shape index (κ3) is 5.70. The van der Waals surface area contributed by atoms with Crippen molar-refractivity contribution in [1.82, 2.24) is 10.2 Å². The van der Waals surface area contributed by atoms with Crippen LogP contribution >= 0.6 is 0 Å². The molecule has 0 saturated heterocycles. The predicted octanol–water partition coefficient (Wildman–Crippen LogP) is 2.28. The van der Waals surface area contributed by atoms with Gasteiger partial charge in [-0.25, -0.2) is 0 Å². The number of carbonyl (C=O) groups excluding carboxylic acids is 3. The monoisotopic (exact) mass is 408 g/mol. The average molecular weight is 408 g/mol. The molecule has 1 N–H and O–H groups in total. The van der Waals surface area contributed by atoms with E-state index in [0.29, 0.717) is 24.4 Å². The first-order valence-electron chi connectivity index (χ1n) is 9.67. The summed E-state index contributed by atoms with van der Waals surface area (Å²) in [6.07, 6.45) is 2.77. The number of hydrogen-bond donors (Lipinski definition) is 1. The molecule has 0 aromatic heterocycles. The number of esters is 1. The number of methoxy groups -OCH3 is 1. The lowest BCUT2D eigenvalue weighted by Crippen LogP contribution is -2.38. The van der Waals surface area contributed by atoms with E-state index in [0.717, 1.165) is 12.0 Å². The van der Waals surface area contributed by atoms with Gasteiger partial charge in [0.1, 0.15) is 12.3 Å². The fraction of sp³-hybridized carbons (Fsp3) is 0.261. The first-order valence-corrected chi connectivity index (χ1v) is 9.67. The minimum atomic E-state index is -0.664. The van der Waals surface area contributed by atoms with Crippen molar-refractivity contribution < 1.29 is 23.9 Å². The normalized spacial score (nSPS) is 13.2. The molecule has 3 rings (SSSR count). The lowest BCUT2D eigenvalue weighted by Gasteiger charge is -2.26. The van der Waals surface area contributed by atoms with Gasteiger partial charge in [0.25, 0.3) is 11.8 Å². The van der Waals surface area contributed by atoms with Crippen LogP contribution in [-0.4, -0.2) is 56.0 Å². The smallest absolute Gasteiger partial charge is 0.325 e. The summed E-state index contributed by atoms with van der Waals surface area (Å²) in [5, 5.41) is 2.47. The molecule has 30 heavy (non-hydrogen) atoms. The van der Waals surface area contributed by atoms with Gasteiger partial charge >= 0.3 is 5.97 Å². The van der Waals surface area contributed by atoms with E-state index in [4.69, 9.17) is 9.47 Å². The lowest BCUT2D eigenvalue weighted by atomic mass is 10.00. The molecule has 2 amide bonds. The molecule has 2 aromatic carbocycles. The Bertz CT molecular complexity index is 922. The zero-order valence-corrected chi connectivity index (χ0v) is 16.8. The Kier molecular flexibility index (Phi) is 7.21. The summed E-state index contributed by atoms with van der Waals surface area (Å²) in [4.78, 5) is 37.8. The van der Waals surface area contributed by atoms with Crippen LogP contribution in [0, 0.1) is 0 Å². The summed E-state index contributed by atoms with van der Waals surface area (Å²) in [5.74, 6) is -0.695. The quantitative estimate of drug-likeness (QED) is 0.711. The Balaban J connectivity index is 1.40. The summed E-state index contributed by atoms with van der Waals surface area (Å²) in [5.41, 5.74) is 2.76. The van der Waals surface area contributed by atoms with Gasteiger partial charge in [-0.05, 0) is 41.8 Å². The standard InChI is InChI=1S/C23H24N2O5/c1-29-20-9-7-19(8-10-20)23(28)24-15-22(27)30-16-21(26)25-13-11-18(12-14-25)17-5-3-2-4-6-17/h2-11H,12-16H2,1H3,(H,24,28). The molecule has 1 heterocycles. The second-order valence-electron chi connectivity index (χ2n) is 6.76. The molecule has 0 spiro atoms. The average Bonchev–Trinajstić information content (AvgIpc) is 2.81. The second-order valence-corrected chi connectivity index (χ2v) is 6.76. The highest BCUT2D eigenvalue weighted by Crippen LogP contribution is 2.21. The molecule has 0 aliphatic carbocycles. The minimum Gasteiger partial charge on any atom is -0.497 e. The fourth-order valence-electron chi connectivity index (χ4n) is 3.09. The van der Waals surface area contributed by atoms with Crippen LogP contribution in [0.3, 0.4) is 0 Å². The van der Waals surface area contributed by atoms with Gasteiger partial charge in [0.15, 0.2) is 6.61 Å². The Morgan fingerprint density at radius 2 is 1.77 bits per heavy atom. The molecule has 1 aliphatic rings. The van der Waals surface area contributed by atoms with Gasteiger partial charge in [-0.15, -0.1) is 0 Å². The van der Waals surface area contributed by atoms with Crippen molar-refractivity contribution in [2.75, 3.05) is 33.4 Å². The lowest BCUT2D eigenvalue weighted by molar-refractivity contribution is -0.151. The largest absolute Gasteiger partial charge is 0.497 e. The summed E-state index contributed by atoms with van der Waals surface area (Å²) >= 11 is 0. The third-order valence-electron chi connectivity index (χ3n) is 4.81. The highest BCUT2D eigenvalue weighted by molar-refractivity contribution is 5.96. The van der Waals surface area contributed by atoms with E-state index in [1.165, 1.54) is 12.7 Å². The van der Waals surface area contributed by atoms with E-state index in [2.05, 4.69) is 5.32 Å². The molecule has 1 aliphatic heterocycles. The van der Waals surface area contributed by atoms with Gasteiger partial charge in [-0.2, -0.15) is 0 Å². The van der Waals surface area contributed by atoms with Crippen LogP contribution in [0.15, 0.2) is 60.7 Å². The number of carbonyl (C=O) groups is 3. The van der Waals surface area contributed by atoms with Crippen molar-refractivity contribution in [1.29, 1.82) is 0 Å². The molecule has 7 heteroatoms. The van der Waals surface area contributed by atoms with Gasteiger partial charge in [-0.3, -0.25) is 14.4 Å². The van der Waals surface area contributed by atoms with Crippen molar-refractivity contribution in [3.05, 3.63) is 71.8 Å². The van der Waals surface area contributed by atoms with E-state index in [-0.39, 0.29) is 19.1 Å². The molecule has 0 saturated carbocycles. The van der Waals surface area contributed by atoms with Crippen LogP contribution in [0.4, 0.5) is 0 Å². The number of benzene rings is 2. The SMILES string of the molecule is COc1ccc(C(=O)NCC(=O)OCC(=O)N2CC=C(c3ccccc3)CC2)cc1. The first kappa shape index (κ1) is 21.1. The highest BCUT2D eigenvalue weighted by atomic mass is 16.5. The maximum Gasteiger partial charge on any atom is 0.325 e.